The number of nitrogens with zero attached hydrogens (tertiary/aromatic N) is 2. The second-order valence-electron chi connectivity index (χ2n) is 6.70. The van der Waals surface area contributed by atoms with Crippen LogP contribution in [0, 0.1) is 5.92 Å². The van der Waals surface area contributed by atoms with E-state index >= 15 is 0 Å². The van der Waals surface area contributed by atoms with E-state index in [-0.39, 0.29) is 11.4 Å². The van der Waals surface area contributed by atoms with Crippen LogP contribution in [0.3, 0.4) is 0 Å². The number of rotatable bonds is 7. The van der Waals surface area contributed by atoms with Gasteiger partial charge in [0.15, 0.2) is 0 Å². The van der Waals surface area contributed by atoms with Crippen molar-refractivity contribution in [3.8, 4) is 0 Å². The monoisotopic (exact) mass is 284 g/mol. The zero-order valence-electron chi connectivity index (χ0n) is 13.6. The van der Waals surface area contributed by atoms with Crippen molar-refractivity contribution in [3.63, 3.8) is 0 Å². The topological polar surface area (TPSA) is 61.6 Å². The second kappa shape index (κ2) is 7.96. The summed E-state index contributed by atoms with van der Waals surface area (Å²) in [6, 6.07) is 0. The highest BCUT2D eigenvalue weighted by molar-refractivity contribution is 5.78. The van der Waals surface area contributed by atoms with Gasteiger partial charge >= 0.3 is 0 Å². The molecule has 1 heterocycles. The minimum atomic E-state index is -0.102. The molecule has 20 heavy (non-hydrogen) atoms. The molecule has 0 bridgehead atoms. The van der Waals surface area contributed by atoms with Gasteiger partial charge in [-0.1, -0.05) is 13.8 Å². The van der Waals surface area contributed by atoms with Gasteiger partial charge in [0, 0.05) is 38.3 Å². The Hall–Kier alpha value is -0.650. The molecular formula is C15H32N4O. The van der Waals surface area contributed by atoms with Gasteiger partial charge in [0.2, 0.25) is 5.91 Å². The molecule has 118 valence electrons. The molecule has 1 rings (SSSR count). The molecule has 0 aromatic carbocycles. The van der Waals surface area contributed by atoms with Gasteiger partial charge in [-0.3, -0.25) is 9.69 Å². The van der Waals surface area contributed by atoms with Crippen molar-refractivity contribution >= 4 is 5.91 Å². The van der Waals surface area contributed by atoms with E-state index in [2.05, 4.69) is 42.8 Å². The van der Waals surface area contributed by atoms with Crippen LogP contribution in [0.4, 0.5) is 0 Å². The normalized spacial score (nSPS) is 19.9. The Labute approximate surface area is 123 Å². The van der Waals surface area contributed by atoms with E-state index in [0.29, 0.717) is 12.5 Å². The summed E-state index contributed by atoms with van der Waals surface area (Å²) in [5, 5.41) is 3.10. The molecule has 0 radical (unpaired) electrons. The highest BCUT2D eigenvalue weighted by atomic mass is 16.2. The fourth-order valence-corrected chi connectivity index (χ4v) is 2.35. The highest BCUT2D eigenvalue weighted by Gasteiger charge is 2.22. The SMILES string of the molecule is CCC(C)(C)NC(=O)CN1CCN(CC(C)CN)CC1. The average Bonchev–Trinajstić information content (AvgIpc) is 2.40. The summed E-state index contributed by atoms with van der Waals surface area (Å²) in [6.45, 7) is 14.8. The Bertz CT molecular complexity index is 298. The van der Waals surface area contributed by atoms with Gasteiger partial charge in [-0.15, -0.1) is 0 Å². The van der Waals surface area contributed by atoms with E-state index in [1.807, 2.05) is 0 Å². The number of hydrogen-bond donors (Lipinski definition) is 2. The molecule has 0 spiro atoms. The summed E-state index contributed by atoms with van der Waals surface area (Å²) in [4.78, 5) is 16.7. The summed E-state index contributed by atoms with van der Waals surface area (Å²) in [6.07, 6.45) is 0.948. The van der Waals surface area contributed by atoms with Crippen LogP contribution in [0.2, 0.25) is 0 Å². The summed E-state index contributed by atoms with van der Waals surface area (Å²) in [5.74, 6) is 0.691. The smallest absolute Gasteiger partial charge is 0.234 e. The summed E-state index contributed by atoms with van der Waals surface area (Å²) in [7, 11) is 0. The molecule has 5 heteroatoms. The molecule has 1 aliphatic heterocycles. The Morgan fingerprint density at radius 2 is 1.80 bits per heavy atom. The third-order valence-electron chi connectivity index (χ3n) is 4.17. The van der Waals surface area contributed by atoms with E-state index in [1.165, 1.54) is 0 Å². The Morgan fingerprint density at radius 1 is 1.25 bits per heavy atom. The van der Waals surface area contributed by atoms with Crippen molar-refractivity contribution in [1.82, 2.24) is 15.1 Å². The fourth-order valence-electron chi connectivity index (χ4n) is 2.35. The highest BCUT2D eigenvalue weighted by Crippen LogP contribution is 2.08. The molecule has 1 fully saturated rings. The predicted octanol–water partition coefficient (Wildman–Crippen LogP) is 0.504. The standard InChI is InChI=1S/C15H32N4O/c1-5-15(3,4)17-14(20)12-19-8-6-18(7-9-19)11-13(2)10-16/h13H,5-12,16H2,1-4H3,(H,17,20). The summed E-state index contributed by atoms with van der Waals surface area (Å²) in [5.41, 5.74) is 5.56. The molecule has 0 aromatic heterocycles. The molecule has 1 amide bonds. The molecule has 1 aliphatic rings. The van der Waals surface area contributed by atoms with Crippen molar-refractivity contribution in [2.24, 2.45) is 11.7 Å². The van der Waals surface area contributed by atoms with Crippen LogP contribution in [0.25, 0.3) is 0 Å². The maximum absolute atomic E-state index is 12.0. The number of amides is 1. The van der Waals surface area contributed by atoms with E-state index in [1.54, 1.807) is 0 Å². The largest absolute Gasteiger partial charge is 0.350 e. The Kier molecular flexibility index (Phi) is 6.92. The van der Waals surface area contributed by atoms with Crippen molar-refractivity contribution in [2.75, 3.05) is 45.8 Å². The van der Waals surface area contributed by atoms with E-state index < -0.39 is 0 Å². The minimum Gasteiger partial charge on any atom is -0.350 e. The number of piperazine rings is 1. The first-order valence-electron chi connectivity index (χ1n) is 7.82. The molecular weight excluding hydrogens is 252 g/mol. The first-order chi connectivity index (χ1) is 9.36. The van der Waals surface area contributed by atoms with Gasteiger partial charge in [0.1, 0.15) is 0 Å². The number of carbonyl (C=O) groups is 1. The lowest BCUT2D eigenvalue weighted by atomic mass is 10.0. The zero-order valence-corrected chi connectivity index (χ0v) is 13.6. The van der Waals surface area contributed by atoms with E-state index in [4.69, 9.17) is 5.73 Å². The van der Waals surface area contributed by atoms with Gasteiger partial charge in [-0.25, -0.2) is 0 Å². The fraction of sp³-hybridized carbons (Fsp3) is 0.933. The number of hydrogen-bond acceptors (Lipinski definition) is 4. The van der Waals surface area contributed by atoms with Crippen LogP contribution in [0.5, 0.6) is 0 Å². The molecule has 0 aromatic rings. The van der Waals surface area contributed by atoms with Crippen LogP contribution in [-0.4, -0.2) is 67.1 Å². The number of nitrogens with two attached hydrogens (primary N) is 1. The van der Waals surface area contributed by atoms with E-state index in [0.717, 1.165) is 45.7 Å². The molecule has 0 aliphatic carbocycles. The molecule has 5 nitrogen and oxygen atoms in total. The summed E-state index contributed by atoms with van der Waals surface area (Å²) < 4.78 is 0. The van der Waals surface area contributed by atoms with Gasteiger partial charge in [-0.2, -0.15) is 0 Å². The van der Waals surface area contributed by atoms with Gasteiger partial charge in [-0.05, 0) is 32.7 Å². The zero-order chi connectivity index (χ0) is 15.2. The van der Waals surface area contributed by atoms with Crippen LogP contribution in [0.15, 0.2) is 0 Å². The first kappa shape index (κ1) is 17.4. The van der Waals surface area contributed by atoms with Crippen molar-refractivity contribution in [3.05, 3.63) is 0 Å². The molecule has 1 unspecified atom stereocenters. The lowest BCUT2D eigenvalue weighted by Gasteiger charge is -2.36. The minimum absolute atomic E-state index is 0.102. The first-order valence-corrected chi connectivity index (χ1v) is 7.82. The second-order valence-corrected chi connectivity index (χ2v) is 6.70. The van der Waals surface area contributed by atoms with Gasteiger partial charge < -0.3 is 16.0 Å². The van der Waals surface area contributed by atoms with Crippen LogP contribution >= 0.6 is 0 Å². The number of nitrogens with one attached hydrogen (secondary N) is 1. The molecule has 1 saturated heterocycles. The third kappa shape index (κ3) is 6.20. The van der Waals surface area contributed by atoms with Crippen molar-refractivity contribution in [2.45, 2.75) is 39.7 Å². The maximum Gasteiger partial charge on any atom is 0.234 e. The van der Waals surface area contributed by atoms with Crippen LogP contribution in [-0.2, 0) is 4.79 Å². The quantitative estimate of drug-likeness (QED) is 0.715. The Morgan fingerprint density at radius 3 is 2.30 bits per heavy atom. The average molecular weight is 284 g/mol. The molecule has 1 atom stereocenters. The molecule has 0 saturated carbocycles. The van der Waals surface area contributed by atoms with E-state index in [9.17, 15) is 4.79 Å². The van der Waals surface area contributed by atoms with Gasteiger partial charge in [0.25, 0.3) is 0 Å². The van der Waals surface area contributed by atoms with Crippen molar-refractivity contribution < 1.29 is 4.79 Å². The lowest BCUT2D eigenvalue weighted by Crippen LogP contribution is -2.52. The third-order valence-corrected chi connectivity index (χ3v) is 4.17. The predicted molar refractivity (Wildman–Crippen MR) is 83.6 cm³/mol. The van der Waals surface area contributed by atoms with Gasteiger partial charge in [0.05, 0.1) is 6.54 Å². The Balaban J connectivity index is 2.27. The van der Waals surface area contributed by atoms with Crippen LogP contribution in [0.1, 0.15) is 34.1 Å². The molecule has 3 N–H and O–H groups in total. The maximum atomic E-state index is 12.0. The summed E-state index contributed by atoms with van der Waals surface area (Å²) >= 11 is 0. The van der Waals surface area contributed by atoms with Crippen LogP contribution < -0.4 is 11.1 Å². The van der Waals surface area contributed by atoms with Crippen molar-refractivity contribution in [1.29, 1.82) is 0 Å². The number of carbonyl (C=O) groups excluding carboxylic acids is 1. The lowest BCUT2D eigenvalue weighted by molar-refractivity contribution is -0.124.